The van der Waals surface area contributed by atoms with Gasteiger partial charge in [-0.05, 0) is 48.5 Å². The van der Waals surface area contributed by atoms with Crippen molar-refractivity contribution >= 4 is 0 Å². The fraction of sp³-hybridized carbons (Fsp3) is 0. The van der Waals surface area contributed by atoms with Gasteiger partial charge in [-0.1, -0.05) is 0 Å². The minimum absolute atomic E-state index is 0.305. The molecule has 0 saturated carbocycles. The molecule has 0 bridgehead atoms. The molecule has 0 aliphatic carbocycles. The molecule has 0 spiro atoms. The summed E-state index contributed by atoms with van der Waals surface area (Å²) in [6, 6.07) is 12.1. The third kappa shape index (κ3) is 2.40. The molecule has 0 unspecified atom stereocenters. The number of hydrogen-bond donors (Lipinski definition) is 0. The molecule has 0 atom stereocenters. The summed E-state index contributed by atoms with van der Waals surface area (Å²) >= 11 is 0. The van der Waals surface area contributed by atoms with Crippen LogP contribution in [0.25, 0.3) is 22.5 Å². The second kappa shape index (κ2) is 5.17. The Morgan fingerprint density at radius 2 is 0.900 bits per heavy atom. The van der Waals surface area contributed by atoms with E-state index in [1.807, 2.05) is 0 Å². The van der Waals surface area contributed by atoms with Crippen LogP contribution < -0.4 is 0 Å². The summed E-state index contributed by atoms with van der Waals surface area (Å²) in [4.78, 5) is 8.60. The van der Waals surface area contributed by atoms with E-state index in [1.165, 1.54) is 24.3 Å². The molecule has 1 aromatic heterocycles. The summed E-state index contributed by atoms with van der Waals surface area (Å²) in [6.45, 7) is 0. The predicted molar refractivity (Wildman–Crippen MR) is 72.8 cm³/mol. The molecule has 2 nitrogen and oxygen atoms in total. The van der Waals surface area contributed by atoms with Gasteiger partial charge in [-0.3, -0.25) is 9.97 Å². The normalized spacial score (nSPS) is 10.5. The van der Waals surface area contributed by atoms with Gasteiger partial charge < -0.3 is 0 Å². The van der Waals surface area contributed by atoms with Gasteiger partial charge in [-0.25, -0.2) is 8.78 Å². The average Bonchev–Trinajstić information content (AvgIpc) is 2.49. The lowest BCUT2D eigenvalue weighted by atomic mass is 10.0. The van der Waals surface area contributed by atoms with E-state index in [0.29, 0.717) is 11.4 Å². The number of aromatic nitrogens is 2. The number of halogens is 2. The van der Waals surface area contributed by atoms with Crippen LogP contribution in [-0.2, 0) is 0 Å². The van der Waals surface area contributed by atoms with E-state index in [4.69, 9.17) is 0 Å². The first-order valence-corrected chi connectivity index (χ1v) is 6.07. The monoisotopic (exact) mass is 268 g/mol. The van der Waals surface area contributed by atoms with Gasteiger partial charge in [0.15, 0.2) is 0 Å². The predicted octanol–water partition coefficient (Wildman–Crippen LogP) is 4.09. The van der Waals surface area contributed by atoms with Crippen LogP contribution >= 0.6 is 0 Å². The Hall–Kier alpha value is -2.62. The zero-order chi connectivity index (χ0) is 13.9. The topological polar surface area (TPSA) is 25.8 Å². The molecule has 0 N–H and O–H groups in total. The number of rotatable bonds is 2. The summed E-state index contributed by atoms with van der Waals surface area (Å²) in [7, 11) is 0. The van der Waals surface area contributed by atoms with Crippen molar-refractivity contribution in [2.75, 3.05) is 0 Å². The van der Waals surface area contributed by atoms with Gasteiger partial charge in [0.05, 0.1) is 11.4 Å². The maximum atomic E-state index is 13.0. The van der Waals surface area contributed by atoms with E-state index < -0.39 is 0 Å². The van der Waals surface area contributed by atoms with Crippen LogP contribution in [0.15, 0.2) is 60.9 Å². The Morgan fingerprint density at radius 1 is 0.550 bits per heavy atom. The number of hydrogen-bond acceptors (Lipinski definition) is 2. The SMILES string of the molecule is Fc1ccc(-c2nccnc2-c2ccc(F)cc2)cc1. The molecule has 0 amide bonds. The molecule has 98 valence electrons. The van der Waals surface area contributed by atoms with Gasteiger partial charge in [0.1, 0.15) is 11.6 Å². The van der Waals surface area contributed by atoms with Crippen LogP contribution in [0.4, 0.5) is 8.78 Å². The van der Waals surface area contributed by atoms with E-state index >= 15 is 0 Å². The summed E-state index contributed by atoms with van der Waals surface area (Å²) in [6.07, 6.45) is 3.15. The van der Waals surface area contributed by atoms with Crippen LogP contribution in [0.2, 0.25) is 0 Å². The van der Waals surface area contributed by atoms with Crippen molar-refractivity contribution in [3.05, 3.63) is 72.6 Å². The van der Waals surface area contributed by atoms with Crippen molar-refractivity contribution in [3.8, 4) is 22.5 Å². The first-order chi connectivity index (χ1) is 9.74. The van der Waals surface area contributed by atoms with Gasteiger partial charge in [-0.2, -0.15) is 0 Å². The summed E-state index contributed by atoms with van der Waals surface area (Å²) in [5, 5.41) is 0. The fourth-order valence-corrected chi connectivity index (χ4v) is 1.98. The molecule has 3 aromatic rings. The maximum Gasteiger partial charge on any atom is 0.123 e. The second-order valence-electron chi connectivity index (χ2n) is 4.27. The molecule has 0 fully saturated rings. The Kier molecular flexibility index (Phi) is 3.21. The van der Waals surface area contributed by atoms with E-state index in [9.17, 15) is 8.78 Å². The van der Waals surface area contributed by atoms with Gasteiger partial charge in [0.25, 0.3) is 0 Å². The molecule has 2 aromatic carbocycles. The second-order valence-corrected chi connectivity index (χ2v) is 4.27. The van der Waals surface area contributed by atoms with Crippen molar-refractivity contribution in [1.82, 2.24) is 9.97 Å². The highest BCUT2D eigenvalue weighted by molar-refractivity contribution is 5.77. The van der Waals surface area contributed by atoms with Crippen molar-refractivity contribution in [2.24, 2.45) is 0 Å². The van der Waals surface area contributed by atoms with Gasteiger partial charge >= 0.3 is 0 Å². The lowest BCUT2D eigenvalue weighted by molar-refractivity contribution is 0.627. The fourth-order valence-electron chi connectivity index (χ4n) is 1.98. The molecule has 20 heavy (non-hydrogen) atoms. The smallest absolute Gasteiger partial charge is 0.123 e. The molecule has 0 saturated heterocycles. The summed E-state index contributed by atoms with van der Waals surface area (Å²) < 4.78 is 26.0. The zero-order valence-electron chi connectivity index (χ0n) is 10.4. The molecule has 0 radical (unpaired) electrons. The van der Waals surface area contributed by atoms with Crippen molar-refractivity contribution in [1.29, 1.82) is 0 Å². The largest absolute Gasteiger partial charge is 0.252 e. The van der Waals surface area contributed by atoms with E-state index in [0.717, 1.165) is 11.1 Å². The Balaban J connectivity index is 2.13. The van der Waals surface area contributed by atoms with Crippen LogP contribution in [-0.4, -0.2) is 9.97 Å². The molecule has 0 aliphatic rings. The third-order valence-electron chi connectivity index (χ3n) is 2.93. The van der Waals surface area contributed by atoms with Gasteiger partial charge in [0.2, 0.25) is 0 Å². The van der Waals surface area contributed by atoms with E-state index in [-0.39, 0.29) is 11.6 Å². The molecule has 4 heteroatoms. The minimum Gasteiger partial charge on any atom is -0.252 e. The highest BCUT2D eigenvalue weighted by atomic mass is 19.1. The molecule has 1 heterocycles. The zero-order valence-corrected chi connectivity index (χ0v) is 10.4. The quantitative estimate of drug-likeness (QED) is 0.699. The third-order valence-corrected chi connectivity index (χ3v) is 2.93. The lowest BCUT2D eigenvalue weighted by Gasteiger charge is -2.07. The van der Waals surface area contributed by atoms with Crippen LogP contribution in [0, 0.1) is 11.6 Å². The Bertz CT molecular complexity index is 658. The van der Waals surface area contributed by atoms with Crippen LogP contribution in [0.5, 0.6) is 0 Å². The first kappa shape index (κ1) is 12.4. The highest BCUT2D eigenvalue weighted by Gasteiger charge is 2.10. The minimum atomic E-state index is -0.305. The molecular weight excluding hydrogens is 258 g/mol. The van der Waals surface area contributed by atoms with Crippen LogP contribution in [0.3, 0.4) is 0 Å². The number of benzene rings is 2. The van der Waals surface area contributed by atoms with Crippen molar-refractivity contribution in [3.63, 3.8) is 0 Å². The molecule has 3 rings (SSSR count). The van der Waals surface area contributed by atoms with Crippen LogP contribution in [0.1, 0.15) is 0 Å². The standard InChI is InChI=1S/C16H10F2N2/c17-13-5-1-11(2-6-13)15-16(20-10-9-19-15)12-3-7-14(18)8-4-12/h1-10H. The van der Waals surface area contributed by atoms with Gasteiger partial charge in [-0.15, -0.1) is 0 Å². The number of nitrogens with zero attached hydrogens (tertiary/aromatic N) is 2. The molecular formula is C16H10F2N2. The average molecular weight is 268 g/mol. The van der Waals surface area contributed by atoms with Crippen molar-refractivity contribution in [2.45, 2.75) is 0 Å². The molecule has 0 aliphatic heterocycles. The van der Waals surface area contributed by atoms with E-state index in [2.05, 4.69) is 9.97 Å². The van der Waals surface area contributed by atoms with E-state index in [1.54, 1.807) is 36.7 Å². The van der Waals surface area contributed by atoms with Gasteiger partial charge in [0, 0.05) is 23.5 Å². The maximum absolute atomic E-state index is 13.0. The highest BCUT2D eigenvalue weighted by Crippen LogP contribution is 2.28. The van der Waals surface area contributed by atoms with Crippen molar-refractivity contribution < 1.29 is 8.78 Å². The summed E-state index contributed by atoms with van der Waals surface area (Å²) in [5.41, 5.74) is 2.80. The first-order valence-electron chi connectivity index (χ1n) is 6.07. The summed E-state index contributed by atoms with van der Waals surface area (Å²) in [5.74, 6) is -0.609. The Morgan fingerprint density at radius 3 is 1.25 bits per heavy atom. The lowest BCUT2D eigenvalue weighted by Crippen LogP contribution is -1.92. The Labute approximate surface area is 114 Å².